The lowest BCUT2D eigenvalue weighted by atomic mass is 9.91. The quantitative estimate of drug-likeness (QED) is 0.790. The van der Waals surface area contributed by atoms with E-state index in [2.05, 4.69) is 5.32 Å². The van der Waals surface area contributed by atoms with Crippen molar-refractivity contribution in [2.75, 3.05) is 19.5 Å². The minimum Gasteiger partial charge on any atom is -0.381 e. The van der Waals surface area contributed by atoms with Crippen molar-refractivity contribution in [2.45, 2.75) is 36.7 Å². The number of nitrogens with one attached hydrogen (secondary N) is 1. The molecule has 1 aromatic rings. The third kappa shape index (κ3) is 5.64. The number of rotatable bonds is 5. The Kier molecular flexibility index (Phi) is 7.80. The second-order valence-corrected chi connectivity index (χ2v) is 8.15. The van der Waals surface area contributed by atoms with E-state index >= 15 is 0 Å². The Balaban J connectivity index is 0.00000312. The van der Waals surface area contributed by atoms with Crippen LogP contribution < -0.4 is 11.1 Å². The van der Waals surface area contributed by atoms with Crippen molar-refractivity contribution in [1.82, 2.24) is 5.32 Å². The Morgan fingerprint density at radius 3 is 2.48 bits per heavy atom. The Morgan fingerprint density at radius 1 is 1.36 bits per heavy atom. The largest absolute Gasteiger partial charge is 0.381 e. The van der Waals surface area contributed by atoms with E-state index in [1.54, 1.807) is 6.92 Å². The van der Waals surface area contributed by atoms with Gasteiger partial charge in [-0.2, -0.15) is 0 Å². The first-order chi connectivity index (χ1) is 11.2. The molecule has 142 valence electrons. The summed E-state index contributed by atoms with van der Waals surface area (Å²) in [5.74, 6) is -1.07. The van der Waals surface area contributed by atoms with E-state index in [1.165, 1.54) is 12.1 Å². The molecule has 1 amide bonds. The maximum absolute atomic E-state index is 14.0. The minimum absolute atomic E-state index is 0. The van der Waals surface area contributed by atoms with Crippen molar-refractivity contribution in [3.05, 3.63) is 29.6 Å². The van der Waals surface area contributed by atoms with E-state index in [9.17, 15) is 17.6 Å². The van der Waals surface area contributed by atoms with Gasteiger partial charge in [-0.1, -0.05) is 6.07 Å². The van der Waals surface area contributed by atoms with Gasteiger partial charge in [0.1, 0.15) is 10.7 Å². The summed E-state index contributed by atoms with van der Waals surface area (Å²) in [7, 11) is -3.62. The van der Waals surface area contributed by atoms with Gasteiger partial charge in [-0.05, 0) is 43.4 Å². The van der Waals surface area contributed by atoms with Crippen molar-refractivity contribution in [3.8, 4) is 0 Å². The molecule has 1 aliphatic rings. The zero-order chi connectivity index (χ0) is 17.9. The summed E-state index contributed by atoms with van der Waals surface area (Å²) in [5, 5.41) is 2.76. The third-order valence-corrected chi connectivity index (χ3v) is 5.42. The van der Waals surface area contributed by atoms with Crippen LogP contribution in [0.15, 0.2) is 23.1 Å². The molecule has 1 fully saturated rings. The van der Waals surface area contributed by atoms with Crippen LogP contribution in [0.4, 0.5) is 4.39 Å². The number of carbonyl (C=O) groups excluding carboxylic acids is 1. The number of hydrogen-bond acceptors (Lipinski definition) is 5. The fraction of sp³-hybridized carbons (Fsp3) is 0.562. The Bertz CT molecular complexity index is 708. The predicted octanol–water partition coefficient (Wildman–Crippen LogP) is 1.58. The van der Waals surface area contributed by atoms with Crippen LogP contribution >= 0.6 is 12.4 Å². The molecule has 0 radical (unpaired) electrons. The summed E-state index contributed by atoms with van der Waals surface area (Å²) in [6.45, 7) is 2.89. The summed E-state index contributed by atoms with van der Waals surface area (Å²) < 4.78 is 42.1. The molecule has 1 aromatic carbocycles. The zero-order valence-corrected chi connectivity index (χ0v) is 15.8. The molecule has 0 bridgehead atoms. The lowest BCUT2D eigenvalue weighted by Gasteiger charge is -2.28. The van der Waals surface area contributed by atoms with Crippen LogP contribution in [0.2, 0.25) is 0 Å². The molecular formula is C16H24ClFN2O4S. The average molecular weight is 395 g/mol. The maximum Gasteiger partial charge on any atom is 0.237 e. The highest BCUT2D eigenvalue weighted by Crippen LogP contribution is 2.22. The summed E-state index contributed by atoms with van der Waals surface area (Å²) >= 11 is 0. The molecule has 1 heterocycles. The van der Waals surface area contributed by atoms with Crippen LogP contribution in [-0.4, -0.2) is 39.8 Å². The Labute approximate surface area is 153 Å². The van der Waals surface area contributed by atoms with Crippen LogP contribution in [0.1, 0.15) is 31.4 Å². The number of benzene rings is 1. The topological polar surface area (TPSA) is 98.5 Å². The normalized spacial score (nSPS) is 18.1. The van der Waals surface area contributed by atoms with Crippen LogP contribution in [0.25, 0.3) is 0 Å². The summed E-state index contributed by atoms with van der Waals surface area (Å²) in [5.41, 5.74) is 6.49. The zero-order valence-electron chi connectivity index (χ0n) is 14.2. The number of halogens is 2. The van der Waals surface area contributed by atoms with Crippen LogP contribution in [-0.2, 0) is 19.4 Å². The van der Waals surface area contributed by atoms with Crippen molar-refractivity contribution in [1.29, 1.82) is 0 Å². The van der Waals surface area contributed by atoms with Crippen LogP contribution in [0, 0.1) is 11.7 Å². The molecule has 25 heavy (non-hydrogen) atoms. The fourth-order valence-corrected chi connectivity index (χ4v) is 3.50. The van der Waals surface area contributed by atoms with Gasteiger partial charge in [0.2, 0.25) is 5.91 Å². The SMILES string of the molecule is CC(NC(=O)C(N)C1CCOCC1)c1ccc(S(C)(=O)=O)c(F)c1.Cl. The van der Waals surface area contributed by atoms with Gasteiger partial charge in [0, 0.05) is 19.5 Å². The van der Waals surface area contributed by atoms with Gasteiger partial charge in [0.25, 0.3) is 0 Å². The number of carbonyl (C=O) groups is 1. The fourth-order valence-electron chi connectivity index (χ4n) is 2.77. The molecule has 3 N–H and O–H groups in total. The number of amides is 1. The van der Waals surface area contributed by atoms with Crippen molar-refractivity contribution >= 4 is 28.2 Å². The van der Waals surface area contributed by atoms with E-state index in [1.807, 2.05) is 0 Å². The molecular weight excluding hydrogens is 371 g/mol. The van der Waals surface area contributed by atoms with E-state index in [4.69, 9.17) is 10.5 Å². The lowest BCUT2D eigenvalue weighted by molar-refractivity contribution is -0.125. The maximum atomic E-state index is 14.0. The van der Waals surface area contributed by atoms with Crippen molar-refractivity contribution in [3.63, 3.8) is 0 Å². The van der Waals surface area contributed by atoms with E-state index in [0.717, 1.165) is 25.2 Å². The monoisotopic (exact) mass is 394 g/mol. The van der Waals surface area contributed by atoms with Gasteiger partial charge in [-0.25, -0.2) is 12.8 Å². The molecule has 2 unspecified atom stereocenters. The molecule has 0 aromatic heterocycles. The van der Waals surface area contributed by atoms with Gasteiger partial charge >= 0.3 is 0 Å². The third-order valence-electron chi connectivity index (χ3n) is 4.29. The van der Waals surface area contributed by atoms with Gasteiger partial charge in [-0.15, -0.1) is 12.4 Å². The predicted molar refractivity (Wildman–Crippen MR) is 94.8 cm³/mol. The Morgan fingerprint density at radius 2 is 1.96 bits per heavy atom. The van der Waals surface area contributed by atoms with Gasteiger partial charge in [0.15, 0.2) is 9.84 Å². The second kappa shape index (κ2) is 8.93. The molecule has 0 aliphatic carbocycles. The summed E-state index contributed by atoms with van der Waals surface area (Å²) in [6.07, 6.45) is 2.42. The molecule has 6 nitrogen and oxygen atoms in total. The first-order valence-corrected chi connectivity index (χ1v) is 9.72. The van der Waals surface area contributed by atoms with Crippen LogP contribution in [0.3, 0.4) is 0 Å². The van der Waals surface area contributed by atoms with Crippen molar-refractivity contribution in [2.24, 2.45) is 11.7 Å². The molecule has 2 atom stereocenters. The van der Waals surface area contributed by atoms with Crippen molar-refractivity contribution < 1.29 is 22.3 Å². The van der Waals surface area contributed by atoms with Gasteiger partial charge in [-0.3, -0.25) is 4.79 Å². The highest BCUT2D eigenvalue weighted by Gasteiger charge is 2.27. The summed E-state index contributed by atoms with van der Waals surface area (Å²) in [6, 6.07) is 2.70. The first-order valence-electron chi connectivity index (χ1n) is 7.83. The Hall–Kier alpha value is -1.22. The van der Waals surface area contributed by atoms with Gasteiger partial charge in [0.05, 0.1) is 12.1 Å². The molecule has 2 rings (SSSR count). The smallest absolute Gasteiger partial charge is 0.237 e. The van der Waals surface area contributed by atoms with E-state index < -0.39 is 27.7 Å². The van der Waals surface area contributed by atoms with Gasteiger partial charge < -0.3 is 15.8 Å². The highest BCUT2D eigenvalue weighted by atomic mass is 35.5. The highest BCUT2D eigenvalue weighted by molar-refractivity contribution is 7.90. The average Bonchev–Trinajstić information content (AvgIpc) is 2.53. The number of sulfone groups is 1. The van der Waals surface area contributed by atoms with Crippen LogP contribution in [0.5, 0.6) is 0 Å². The molecule has 0 saturated carbocycles. The van der Waals surface area contributed by atoms with E-state index in [0.29, 0.717) is 18.8 Å². The standard InChI is InChI=1S/C16H23FN2O4S.ClH/c1-10(12-3-4-14(13(17)9-12)24(2,21)22)19-16(20)15(18)11-5-7-23-8-6-11;/h3-4,9-11,15H,5-8,18H2,1-2H3,(H,19,20);1H. The number of nitrogens with two attached hydrogens (primary N) is 1. The minimum atomic E-state index is -3.62. The lowest BCUT2D eigenvalue weighted by Crippen LogP contribution is -2.47. The summed E-state index contributed by atoms with van der Waals surface area (Å²) in [4.78, 5) is 11.9. The number of ether oxygens (including phenoxy) is 1. The molecule has 1 saturated heterocycles. The molecule has 0 spiro atoms. The molecule has 9 heteroatoms. The molecule has 1 aliphatic heterocycles. The number of hydrogen-bond donors (Lipinski definition) is 2. The first kappa shape index (κ1) is 21.8. The van der Waals surface area contributed by atoms with E-state index in [-0.39, 0.29) is 29.1 Å². The second-order valence-electron chi connectivity index (χ2n) is 6.17.